The van der Waals surface area contributed by atoms with Crippen molar-refractivity contribution in [1.29, 1.82) is 0 Å². The minimum Gasteiger partial charge on any atom is -0.469 e. The smallest absolute Gasteiger partial charge is 0.305 e. The molecule has 22 heavy (non-hydrogen) atoms. The molecule has 122 valence electrons. The molecule has 1 fully saturated rings. The Morgan fingerprint density at radius 3 is 2.64 bits per heavy atom. The lowest BCUT2D eigenvalue weighted by molar-refractivity contribution is -0.145. The van der Waals surface area contributed by atoms with E-state index in [0.29, 0.717) is 19.5 Å². The van der Waals surface area contributed by atoms with Crippen molar-refractivity contribution in [2.45, 2.75) is 46.5 Å². The molecule has 0 aromatic heterocycles. The largest absolute Gasteiger partial charge is 0.469 e. The first kappa shape index (κ1) is 16.8. The van der Waals surface area contributed by atoms with E-state index in [1.54, 1.807) is 11.0 Å². The Kier molecular flexibility index (Phi) is 5.09. The molecule has 1 saturated heterocycles. The molecular weight excluding hydrogens is 278 g/mol. The van der Waals surface area contributed by atoms with Gasteiger partial charge in [-0.05, 0) is 37.2 Å². The van der Waals surface area contributed by atoms with Crippen LogP contribution in [-0.4, -0.2) is 37.0 Å². The van der Waals surface area contributed by atoms with Crippen molar-refractivity contribution in [2.75, 3.05) is 20.2 Å². The molecule has 2 aliphatic rings. The lowest BCUT2D eigenvalue weighted by atomic mass is 9.72. The lowest BCUT2D eigenvalue weighted by Crippen LogP contribution is -2.50. The molecule has 0 atom stereocenters. The fourth-order valence-corrected chi connectivity index (χ4v) is 3.47. The summed E-state index contributed by atoms with van der Waals surface area (Å²) in [5, 5.41) is 0. The Labute approximate surface area is 133 Å². The first-order valence-corrected chi connectivity index (χ1v) is 8.07. The van der Waals surface area contributed by atoms with E-state index < -0.39 is 0 Å². The highest BCUT2D eigenvalue weighted by atomic mass is 16.5. The van der Waals surface area contributed by atoms with E-state index in [2.05, 4.69) is 25.5 Å². The summed E-state index contributed by atoms with van der Waals surface area (Å²) in [6.45, 7) is 7.96. The standard InChI is InChI=1S/C18H27NO3/c1-13-6-5-9-18(2,3)15(13)7-8-16(20)19-11-14(12-19)10-17(21)22-4/h7-8,14H,5-6,9-12H2,1-4H3/b8-7+. The third-order valence-electron chi connectivity index (χ3n) is 4.89. The van der Waals surface area contributed by atoms with Gasteiger partial charge in [-0.3, -0.25) is 9.59 Å². The number of rotatable bonds is 4. The summed E-state index contributed by atoms with van der Waals surface area (Å²) in [6.07, 6.45) is 7.63. The van der Waals surface area contributed by atoms with Crippen LogP contribution in [0, 0.1) is 11.3 Å². The van der Waals surface area contributed by atoms with Gasteiger partial charge in [0.25, 0.3) is 0 Å². The zero-order valence-electron chi connectivity index (χ0n) is 14.1. The van der Waals surface area contributed by atoms with Gasteiger partial charge < -0.3 is 9.64 Å². The summed E-state index contributed by atoms with van der Waals surface area (Å²) in [7, 11) is 1.40. The molecule has 1 heterocycles. The van der Waals surface area contributed by atoms with Crippen LogP contribution in [0.2, 0.25) is 0 Å². The number of hydrogen-bond acceptors (Lipinski definition) is 3. The molecular formula is C18H27NO3. The molecule has 0 N–H and O–H groups in total. The van der Waals surface area contributed by atoms with E-state index in [4.69, 9.17) is 0 Å². The average Bonchev–Trinajstić information content (AvgIpc) is 2.40. The predicted octanol–water partition coefficient (Wildman–Crippen LogP) is 3.09. The molecule has 0 aromatic carbocycles. The second-order valence-electron chi connectivity index (χ2n) is 7.15. The van der Waals surface area contributed by atoms with Gasteiger partial charge in [0.2, 0.25) is 5.91 Å². The number of nitrogens with zero attached hydrogens (tertiary/aromatic N) is 1. The summed E-state index contributed by atoms with van der Waals surface area (Å²) >= 11 is 0. The third-order valence-corrected chi connectivity index (χ3v) is 4.89. The number of hydrogen-bond donors (Lipinski definition) is 0. The molecule has 4 heteroatoms. The molecule has 1 aliphatic heterocycles. The van der Waals surface area contributed by atoms with E-state index in [1.165, 1.54) is 31.1 Å². The van der Waals surface area contributed by atoms with Gasteiger partial charge in [-0.2, -0.15) is 0 Å². The van der Waals surface area contributed by atoms with Crippen LogP contribution in [0.3, 0.4) is 0 Å². The number of likely N-dealkylation sites (tertiary alicyclic amines) is 1. The van der Waals surface area contributed by atoms with Gasteiger partial charge in [0.15, 0.2) is 0 Å². The fourth-order valence-electron chi connectivity index (χ4n) is 3.47. The maximum absolute atomic E-state index is 12.2. The first-order valence-electron chi connectivity index (χ1n) is 8.07. The molecule has 1 amide bonds. The molecule has 4 nitrogen and oxygen atoms in total. The summed E-state index contributed by atoms with van der Waals surface area (Å²) in [4.78, 5) is 25.2. The predicted molar refractivity (Wildman–Crippen MR) is 86.2 cm³/mol. The number of carbonyl (C=O) groups excluding carboxylic acids is 2. The molecule has 0 unspecified atom stereocenters. The fraction of sp³-hybridized carbons (Fsp3) is 0.667. The molecule has 0 aromatic rings. The minimum absolute atomic E-state index is 0.0442. The van der Waals surface area contributed by atoms with E-state index in [0.717, 1.165) is 6.42 Å². The van der Waals surface area contributed by atoms with Crippen LogP contribution >= 0.6 is 0 Å². The molecule has 0 radical (unpaired) electrons. The van der Waals surface area contributed by atoms with Crippen LogP contribution in [0.1, 0.15) is 46.5 Å². The molecule has 0 spiro atoms. The van der Waals surface area contributed by atoms with Gasteiger partial charge in [0.1, 0.15) is 0 Å². The molecule has 0 saturated carbocycles. The summed E-state index contributed by atoms with van der Waals surface area (Å²) < 4.78 is 4.65. The number of ether oxygens (including phenoxy) is 1. The van der Waals surface area contributed by atoms with E-state index in [9.17, 15) is 9.59 Å². The SMILES string of the molecule is COC(=O)CC1CN(C(=O)/C=C/C2=C(C)CCCC2(C)C)C1. The summed E-state index contributed by atoms with van der Waals surface area (Å²) in [5.41, 5.74) is 2.85. The van der Waals surface area contributed by atoms with Crippen molar-refractivity contribution < 1.29 is 14.3 Å². The van der Waals surface area contributed by atoms with Gasteiger partial charge in [0.05, 0.1) is 13.5 Å². The van der Waals surface area contributed by atoms with Crippen LogP contribution in [0.15, 0.2) is 23.3 Å². The highest BCUT2D eigenvalue weighted by molar-refractivity contribution is 5.89. The molecule has 2 rings (SSSR count). The topological polar surface area (TPSA) is 46.6 Å². The average molecular weight is 305 g/mol. The molecule has 0 bridgehead atoms. The lowest BCUT2D eigenvalue weighted by Gasteiger charge is -2.38. The highest BCUT2D eigenvalue weighted by Crippen LogP contribution is 2.40. The van der Waals surface area contributed by atoms with Gasteiger partial charge in [0, 0.05) is 25.1 Å². The van der Waals surface area contributed by atoms with Crippen molar-refractivity contribution in [1.82, 2.24) is 4.90 Å². The van der Waals surface area contributed by atoms with E-state index >= 15 is 0 Å². The van der Waals surface area contributed by atoms with Crippen LogP contribution in [-0.2, 0) is 14.3 Å². The van der Waals surface area contributed by atoms with Gasteiger partial charge in [-0.1, -0.05) is 25.5 Å². The normalized spacial score (nSPS) is 21.9. The molecule has 1 aliphatic carbocycles. The quantitative estimate of drug-likeness (QED) is 0.592. The third kappa shape index (κ3) is 3.79. The van der Waals surface area contributed by atoms with Crippen molar-refractivity contribution in [3.8, 4) is 0 Å². The van der Waals surface area contributed by atoms with E-state index in [-0.39, 0.29) is 23.2 Å². The zero-order valence-corrected chi connectivity index (χ0v) is 14.1. The monoisotopic (exact) mass is 305 g/mol. The Hall–Kier alpha value is -1.58. The zero-order chi connectivity index (χ0) is 16.3. The highest BCUT2D eigenvalue weighted by Gasteiger charge is 2.32. The number of carbonyl (C=O) groups is 2. The van der Waals surface area contributed by atoms with E-state index in [1.807, 2.05) is 6.08 Å². The van der Waals surface area contributed by atoms with Crippen molar-refractivity contribution in [2.24, 2.45) is 11.3 Å². The van der Waals surface area contributed by atoms with Gasteiger partial charge in [-0.25, -0.2) is 0 Å². The second-order valence-corrected chi connectivity index (χ2v) is 7.15. The van der Waals surface area contributed by atoms with Gasteiger partial charge >= 0.3 is 5.97 Å². The Morgan fingerprint density at radius 1 is 1.36 bits per heavy atom. The van der Waals surface area contributed by atoms with Crippen LogP contribution < -0.4 is 0 Å². The van der Waals surface area contributed by atoms with Crippen molar-refractivity contribution >= 4 is 11.9 Å². The second kappa shape index (κ2) is 6.67. The Morgan fingerprint density at radius 2 is 2.05 bits per heavy atom. The number of allylic oxidation sites excluding steroid dienone is 3. The summed E-state index contributed by atoms with van der Waals surface area (Å²) in [5.74, 6) is 0.0945. The van der Waals surface area contributed by atoms with Crippen LogP contribution in [0.5, 0.6) is 0 Å². The summed E-state index contributed by atoms with van der Waals surface area (Å²) in [6, 6.07) is 0. The number of amides is 1. The first-order chi connectivity index (χ1) is 10.3. The maximum Gasteiger partial charge on any atom is 0.305 e. The Bertz CT molecular complexity index is 510. The minimum atomic E-state index is -0.197. The van der Waals surface area contributed by atoms with Crippen LogP contribution in [0.25, 0.3) is 0 Å². The Balaban J connectivity index is 1.89. The number of methoxy groups -OCH3 is 1. The van der Waals surface area contributed by atoms with Crippen molar-refractivity contribution in [3.63, 3.8) is 0 Å². The maximum atomic E-state index is 12.2. The number of esters is 1. The van der Waals surface area contributed by atoms with Crippen LogP contribution in [0.4, 0.5) is 0 Å². The van der Waals surface area contributed by atoms with Crippen molar-refractivity contribution in [3.05, 3.63) is 23.3 Å². The van der Waals surface area contributed by atoms with Gasteiger partial charge in [-0.15, -0.1) is 0 Å².